The fourth-order valence-corrected chi connectivity index (χ4v) is 4.46. The minimum atomic E-state index is -0.649. The summed E-state index contributed by atoms with van der Waals surface area (Å²) in [4.78, 5) is 11.4. The van der Waals surface area contributed by atoms with Crippen molar-refractivity contribution in [1.29, 1.82) is 0 Å². The molecule has 0 aromatic heterocycles. The van der Waals surface area contributed by atoms with Gasteiger partial charge in [0.25, 0.3) is 0 Å². The van der Waals surface area contributed by atoms with Gasteiger partial charge in [-0.25, -0.2) is 0 Å². The Balaban J connectivity index is 2.42. The van der Waals surface area contributed by atoms with Gasteiger partial charge in [-0.1, -0.05) is 114 Å². The molecular weight excluding hydrogens is 380 g/mol. The molecule has 0 saturated heterocycles. The van der Waals surface area contributed by atoms with E-state index in [1.165, 1.54) is 76.2 Å². The molecule has 0 saturated carbocycles. The van der Waals surface area contributed by atoms with E-state index in [4.69, 9.17) is 0 Å². The molecule has 1 aromatic carbocycles. The van der Waals surface area contributed by atoms with Gasteiger partial charge in [0.15, 0.2) is 0 Å². The highest BCUT2D eigenvalue weighted by molar-refractivity contribution is 5.67. The molecule has 0 aliphatic carbocycles. The van der Waals surface area contributed by atoms with E-state index in [2.05, 4.69) is 50.3 Å². The Morgan fingerprint density at radius 1 is 0.806 bits per heavy atom. The highest BCUT2D eigenvalue weighted by atomic mass is 16.4. The number of carbonyl (C=O) groups is 1. The summed E-state index contributed by atoms with van der Waals surface area (Å²) in [6.07, 6.45) is 23.6. The summed E-state index contributed by atoms with van der Waals surface area (Å²) in [6.45, 7) is 4.54. The molecule has 0 heterocycles. The fourth-order valence-electron chi connectivity index (χ4n) is 4.46. The lowest BCUT2D eigenvalue weighted by atomic mass is 9.87. The molecule has 31 heavy (non-hydrogen) atoms. The first-order chi connectivity index (χ1) is 15.2. The molecule has 0 amide bonds. The van der Waals surface area contributed by atoms with Crippen LogP contribution in [0.4, 0.5) is 0 Å². The minimum absolute atomic E-state index is 0.295. The third-order valence-corrected chi connectivity index (χ3v) is 6.45. The number of carboxylic acids is 1. The second-order valence-corrected chi connectivity index (χ2v) is 9.34. The average molecular weight is 429 g/mol. The Morgan fingerprint density at radius 2 is 1.48 bits per heavy atom. The summed E-state index contributed by atoms with van der Waals surface area (Å²) in [5, 5.41) is 9.34. The maximum atomic E-state index is 11.4. The van der Waals surface area contributed by atoms with Crippen molar-refractivity contribution in [3.63, 3.8) is 0 Å². The molecule has 2 nitrogen and oxygen atoms in total. The Morgan fingerprint density at radius 3 is 2.19 bits per heavy atom. The van der Waals surface area contributed by atoms with E-state index in [1.807, 2.05) is 6.07 Å². The number of aryl methyl sites for hydroxylation is 1. The third kappa shape index (κ3) is 15.8. The van der Waals surface area contributed by atoms with E-state index in [1.54, 1.807) is 0 Å². The van der Waals surface area contributed by atoms with Crippen LogP contribution in [0.3, 0.4) is 0 Å². The number of carboxylic acid groups (broad SMARTS) is 1. The zero-order valence-corrected chi connectivity index (χ0v) is 20.4. The number of rotatable bonds is 20. The van der Waals surface area contributed by atoms with Crippen LogP contribution >= 0.6 is 0 Å². The predicted octanol–water partition coefficient (Wildman–Crippen LogP) is 8.99. The van der Waals surface area contributed by atoms with Crippen molar-refractivity contribution in [2.75, 3.05) is 0 Å². The number of hydrogen-bond acceptors (Lipinski definition) is 1. The van der Waals surface area contributed by atoms with Crippen LogP contribution in [-0.4, -0.2) is 11.1 Å². The monoisotopic (exact) mass is 428 g/mol. The van der Waals surface area contributed by atoms with Gasteiger partial charge in [-0.05, 0) is 55.9 Å². The lowest BCUT2D eigenvalue weighted by Crippen LogP contribution is -2.10. The first kappa shape index (κ1) is 27.5. The van der Waals surface area contributed by atoms with Crippen molar-refractivity contribution in [3.05, 3.63) is 48.0 Å². The van der Waals surface area contributed by atoms with Crippen LogP contribution in [0.2, 0.25) is 0 Å². The molecule has 2 atom stereocenters. The molecule has 0 spiro atoms. The van der Waals surface area contributed by atoms with Crippen molar-refractivity contribution in [1.82, 2.24) is 0 Å². The highest BCUT2D eigenvalue weighted by Crippen LogP contribution is 2.25. The number of benzene rings is 1. The maximum absolute atomic E-state index is 11.4. The second-order valence-electron chi connectivity index (χ2n) is 9.34. The summed E-state index contributed by atoms with van der Waals surface area (Å²) < 4.78 is 0. The largest absolute Gasteiger partial charge is 0.481 e. The number of unbranched alkanes of at least 4 members (excludes halogenated alkanes) is 6. The SMILES string of the molecule is CCCCCC/C=C\C[C@H](CCCCC)CCC[C@H](CCc1ccccc1)CC(=O)O. The van der Waals surface area contributed by atoms with Crippen LogP contribution in [0.1, 0.15) is 116 Å². The van der Waals surface area contributed by atoms with Crippen LogP contribution in [-0.2, 0) is 11.2 Å². The standard InChI is InChI=1S/C29H48O2/c1-3-5-7-8-9-10-13-18-26(17-12-6-4-2)21-16-22-28(25-29(30)31)24-23-27-19-14-11-15-20-27/h10-11,13-15,19-20,26,28H,3-9,12,16-18,21-25H2,1-2H3,(H,30,31)/b13-10-/t26-,28+/m0/s1. The van der Waals surface area contributed by atoms with E-state index in [0.29, 0.717) is 12.3 Å². The maximum Gasteiger partial charge on any atom is 0.303 e. The molecule has 176 valence electrons. The normalized spacial score (nSPS) is 13.5. The Bertz CT molecular complexity index is 563. The minimum Gasteiger partial charge on any atom is -0.481 e. The highest BCUT2D eigenvalue weighted by Gasteiger charge is 2.15. The van der Waals surface area contributed by atoms with Gasteiger partial charge in [-0.15, -0.1) is 0 Å². The number of hydrogen-bond donors (Lipinski definition) is 1. The quantitative estimate of drug-likeness (QED) is 0.166. The van der Waals surface area contributed by atoms with Gasteiger partial charge in [0.05, 0.1) is 0 Å². The van der Waals surface area contributed by atoms with Gasteiger partial charge in [-0.3, -0.25) is 4.79 Å². The van der Waals surface area contributed by atoms with Gasteiger partial charge >= 0.3 is 5.97 Å². The smallest absolute Gasteiger partial charge is 0.303 e. The molecule has 1 aromatic rings. The van der Waals surface area contributed by atoms with Crippen molar-refractivity contribution in [3.8, 4) is 0 Å². The number of aliphatic carboxylic acids is 1. The van der Waals surface area contributed by atoms with E-state index in [9.17, 15) is 9.90 Å². The van der Waals surface area contributed by atoms with Gasteiger partial charge < -0.3 is 5.11 Å². The van der Waals surface area contributed by atoms with Gasteiger partial charge in [0.1, 0.15) is 0 Å². The summed E-state index contributed by atoms with van der Waals surface area (Å²) in [5.74, 6) is 0.407. The van der Waals surface area contributed by atoms with E-state index in [-0.39, 0.29) is 0 Å². The predicted molar refractivity (Wildman–Crippen MR) is 135 cm³/mol. The van der Waals surface area contributed by atoms with Crippen molar-refractivity contribution < 1.29 is 9.90 Å². The van der Waals surface area contributed by atoms with E-state index in [0.717, 1.165) is 31.6 Å². The molecule has 1 N–H and O–H groups in total. The second kappa shape index (κ2) is 19.1. The van der Waals surface area contributed by atoms with E-state index >= 15 is 0 Å². The first-order valence-electron chi connectivity index (χ1n) is 13.1. The third-order valence-electron chi connectivity index (χ3n) is 6.45. The molecule has 0 aliphatic heterocycles. The van der Waals surface area contributed by atoms with Gasteiger partial charge in [0, 0.05) is 6.42 Å². The van der Waals surface area contributed by atoms with Crippen LogP contribution in [0.25, 0.3) is 0 Å². The average Bonchev–Trinajstić information content (AvgIpc) is 2.76. The Hall–Kier alpha value is -1.57. The molecule has 0 bridgehead atoms. The topological polar surface area (TPSA) is 37.3 Å². The zero-order valence-electron chi connectivity index (χ0n) is 20.4. The molecule has 0 fully saturated rings. The van der Waals surface area contributed by atoms with Crippen molar-refractivity contribution in [2.45, 2.75) is 117 Å². The first-order valence-corrected chi connectivity index (χ1v) is 13.1. The van der Waals surface area contributed by atoms with Crippen LogP contribution in [0.15, 0.2) is 42.5 Å². The summed E-state index contributed by atoms with van der Waals surface area (Å²) >= 11 is 0. The molecule has 2 heteroatoms. The molecular formula is C29H48O2. The van der Waals surface area contributed by atoms with Gasteiger partial charge in [-0.2, -0.15) is 0 Å². The van der Waals surface area contributed by atoms with Crippen LogP contribution in [0.5, 0.6) is 0 Å². The summed E-state index contributed by atoms with van der Waals surface area (Å²) in [5.41, 5.74) is 1.32. The van der Waals surface area contributed by atoms with Crippen molar-refractivity contribution >= 4 is 5.97 Å². The fraction of sp³-hybridized carbons (Fsp3) is 0.690. The van der Waals surface area contributed by atoms with Gasteiger partial charge in [0.2, 0.25) is 0 Å². The summed E-state index contributed by atoms with van der Waals surface area (Å²) in [6, 6.07) is 10.5. The lowest BCUT2D eigenvalue weighted by molar-refractivity contribution is -0.138. The molecule has 1 rings (SSSR count). The summed E-state index contributed by atoms with van der Waals surface area (Å²) in [7, 11) is 0. The molecule has 0 radical (unpaired) electrons. The lowest BCUT2D eigenvalue weighted by Gasteiger charge is -2.18. The molecule has 0 aliphatic rings. The molecule has 0 unspecified atom stereocenters. The zero-order chi connectivity index (χ0) is 22.6. The van der Waals surface area contributed by atoms with Crippen LogP contribution < -0.4 is 0 Å². The number of allylic oxidation sites excluding steroid dienone is 2. The van der Waals surface area contributed by atoms with Crippen LogP contribution in [0, 0.1) is 11.8 Å². The Labute approximate surface area is 192 Å². The van der Waals surface area contributed by atoms with Crippen molar-refractivity contribution in [2.24, 2.45) is 11.8 Å². The Kier molecular flexibility index (Phi) is 17.0. The van der Waals surface area contributed by atoms with E-state index < -0.39 is 5.97 Å².